The molecule has 11 heteroatoms. The Morgan fingerprint density at radius 2 is 1.88 bits per heavy atom. The Kier molecular flexibility index (Phi) is 6.41. The molecule has 0 aliphatic carbocycles. The molecule has 1 aliphatic heterocycles. The van der Waals surface area contributed by atoms with Crippen molar-refractivity contribution < 1.29 is 27.2 Å². The lowest BCUT2D eigenvalue weighted by molar-refractivity contribution is -0.142. The molecule has 0 atom stereocenters. The number of alkyl halides is 3. The molecule has 0 amide bonds. The minimum absolute atomic E-state index is 0.0262. The van der Waals surface area contributed by atoms with E-state index in [9.17, 15) is 17.7 Å². The van der Waals surface area contributed by atoms with Crippen LogP contribution < -0.4 is 15.4 Å². The molecule has 0 radical (unpaired) electrons. The molecule has 1 aliphatic rings. The number of nitrogens with zero attached hydrogens (tertiary/aromatic N) is 3. The van der Waals surface area contributed by atoms with Gasteiger partial charge in [0.2, 0.25) is 11.8 Å². The predicted molar refractivity (Wildman–Crippen MR) is 118 cm³/mol. The highest BCUT2D eigenvalue weighted by Gasteiger charge is 2.37. The molecule has 0 spiro atoms. The summed E-state index contributed by atoms with van der Waals surface area (Å²) in [6, 6.07) is 11.0. The summed E-state index contributed by atoms with van der Waals surface area (Å²) in [4.78, 5) is 12.0. The third-order valence-electron chi connectivity index (χ3n) is 5.01. The van der Waals surface area contributed by atoms with Gasteiger partial charge >= 0.3 is 6.18 Å². The SMILES string of the molecule is CP(C)(=O)c1ccnc(-c2ccc(CNc3ncc(C(F)(F)F)c(OC4COC4)n3)cc2)c1. The minimum Gasteiger partial charge on any atom is -0.469 e. The zero-order chi connectivity index (χ0) is 23.6. The fraction of sp³-hybridized carbons (Fsp3) is 0.318. The van der Waals surface area contributed by atoms with Crippen LogP contribution in [0.4, 0.5) is 19.1 Å². The molecule has 0 unspecified atom stereocenters. The van der Waals surface area contributed by atoms with Crippen LogP contribution in [0.15, 0.2) is 48.8 Å². The van der Waals surface area contributed by atoms with Crippen molar-refractivity contribution in [3.63, 3.8) is 0 Å². The van der Waals surface area contributed by atoms with Crippen LogP contribution in [0, 0.1) is 0 Å². The maximum absolute atomic E-state index is 13.2. The van der Waals surface area contributed by atoms with E-state index >= 15 is 0 Å². The van der Waals surface area contributed by atoms with Gasteiger partial charge in [-0.2, -0.15) is 18.2 Å². The molecular weight excluding hydrogens is 456 g/mol. The standard InChI is InChI=1S/C22H22F3N4O3P/c1-33(2,30)17-7-8-26-19(9-17)15-5-3-14(4-6-15)10-27-21-28-11-18(22(23,24)25)20(29-21)32-16-12-31-13-16/h3-9,11,16H,10,12-13H2,1-2H3,(H,27,28,29). The lowest BCUT2D eigenvalue weighted by Gasteiger charge is -2.27. The summed E-state index contributed by atoms with van der Waals surface area (Å²) in [5, 5.41) is 3.68. The summed E-state index contributed by atoms with van der Waals surface area (Å²) in [7, 11) is -2.40. The van der Waals surface area contributed by atoms with Crippen LogP contribution in [0.1, 0.15) is 11.1 Å². The third kappa shape index (κ3) is 5.69. The lowest BCUT2D eigenvalue weighted by Crippen LogP contribution is -2.39. The van der Waals surface area contributed by atoms with Gasteiger partial charge in [-0.15, -0.1) is 0 Å². The lowest BCUT2D eigenvalue weighted by atomic mass is 10.1. The maximum Gasteiger partial charge on any atom is 0.423 e. The van der Waals surface area contributed by atoms with Crippen molar-refractivity contribution in [2.24, 2.45) is 0 Å². The second-order valence-corrected chi connectivity index (χ2v) is 11.2. The first-order chi connectivity index (χ1) is 15.6. The molecule has 3 heterocycles. The molecule has 1 fully saturated rings. The molecule has 7 nitrogen and oxygen atoms in total. The molecule has 0 saturated carbocycles. The van der Waals surface area contributed by atoms with Crippen molar-refractivity contribution in [1.82, 2.24) is 15.0 Å². The summed E-state index contributed by atoms with van der Waals surface area (Å²) < 4.78 is 62.3. The number of pyridine rings is 1. The summed E-state index contributed by atoms with van der Waals surface area (Å²) in [5.41, 5.74) is 1.41. The van der Waals surface area contributed by atoms with Gasteiger partial charge in [-0.25, -0.2) is 4.98 Å². The highest BCUT2D eigenvalue weighted by Crippen LogP contribution is 2.36. The van der Waals surface area contributed by atoms with E-state index in [1.807, 2.05) is 30.3 Å². The molecule has 4 rings (SSSR count). The van der Waals surface area contributed by atoms with E-state index in [1.54, 1.807) is 25.6 Å². The Morgan fingerprint density at radius 1 is 1.15 bits per heavy atom. The zero-order valence-electron chi connectivity index (χ0n) is 18.0. The molecule has 1 aromatic carbocycles. The summed E-state index contributed by atoms with van der Waals surface area (Å²) >= 11 is 0. The molecule has 33 heavy (non-hydrogen) atoms. The molecular formula is C22H22F3N4O3P. The minimum atomic E-state index is -4.62. The normalized spacial score (nSPS) is 14.6. The third-order valence-corrected chi connectivity index (χ3v) is 6.53. The van der Waals surface area contributed by atoms with Crippen LogP contribution in [-0.4, -0.2) is 47.6 Å². The topological polar surface area (TPSA) is 86.2 Å². The highest BCUT2D eigenvalue weighted by atomic mass is 31.2. The number of aromatic nitrogens is 3. The Labute approximate surface area is 188 Å². The van der Waals surface area contributed by atoms with E-state index in [2.05, 4.69) is 20.3 Å². The fourth-order valence-corrected chi connectivity index (χ4v) is 3.92. The van der Waals surface area contributed by atoms with Gasteiger partial charge in [0.05, 0.1) is 18.9 Å². The highest BCUT2D eigenvalue weighted by molar-refractivity contribution is 7.70. The van der Waals surface area contributed by atoms with E-state index < -0.39 is 30.9 Å². The number of benzene rings is 1. The van der Waals surface area contributed by atoms with Crippen molar-refractivity contribution >= 4 is 18.4 Å². The smallest absolute Gasteiger partial charge is 0.423 e. The molecule has 2 aromatic heterocycles. The second kappa shape index (κ2) is 9.11. The predicted octanol–water partition coefficient (Wildman–Crippen LogP) is 4.20. The monoisotopic (exact) mass is 478 g/mol. The Morgan fingerprint density at radius 3 is 2.48 bits per heavy atom. The second-order valence-electron chi connectivity index (χ2n) is 7.99. The number of ether oxygens (including phenoxy) is 2. The van der Waals surface area contributed by atoms with E-state index in [0.29, 0.717) is 18.4 Å². The van der Waals surface area contributed by atoms with Gasteiger partial charge in [0.15, 0.2) is 0 Å². The molecule has 3 aromatic rings. The first-order valence-electron chi connectivity index (χ1n) is 10.1. The zero-order valence-corrected chi connectivity index (χ0v) is 18.9. The number of hydrogen-bond acceptors (Lipinski definition) is 7. The number of nitrogens with one attached hydrogen (secondary N) is 1. The summed E-state index contributed by atoms with van der Waals surface area (Å²) in [6.07, 6.45) is -2.73. The van der Waals surface area contributed by atoms with E-state index in [0.717, 1.165) is 16.4 Å². The van der Waals surface area contributed by atoms with Gasteiger partial charge in [-0.3, -0.25) is 4.98 Å². The van der Waals surface area contributed by atoms with Crippen LogP contribution in [0.3, 0.4) is 0 Å². The van der Waals surface area contributed by atoms with Crippen molar-refractivity contribution in [3.8, 4) is 17.1 Å². The quantitative estimate of drug-likeness (QED) is 0.510. The van der Waals surface area contributed by atoms with Crippen molar-refractivity contribution in [1.29, 1.82) is 0 Å². The first-order valence-corrected chi connectivity index (χ1v) is 12.7. The molecule has 174 valence electrons. The van der Waals surface area contributed by atoms with Crippen molar-refractivity contribution in [2.75, 3.05) is 31.9 Å². The number of anilines is 1. The van der Waals surface area contributed by atoms with Gasteiger partial charge in [-0.1, -0.05) is 24.3 Å². The summed E-state index contributed by atoms with van der Waals surface area (Å²) in [5.74, 6) is -0.489. The number of rotatable bonds is 7. The Hall–Kier alpha value is -2.97. The van der Waals surface area contributed by atoms with E-state index in [1.165, 1.54) is 0 Å². The Balaban J connectivity index is 1.46. The van der Waals surface area contributed by atoms with Gasteiger partial charge in [0.25, 0.3) is 0 Å². The van der Waals surface area contributed by atoms with Crippen LogP contribution in [0.25, 0.3) is 11.3 Å². The number of hydrogen-bond donors (Lipinski definition) is 1. The molecule has 1 saturated heterocycles. The van der Waals surface area contributed by atoms with Crippen molar-refractivity contribution in [2.45, 2.75) is 18.8 Å². The van der Waals surface area contributed by atoms with Crippen LogP contribution in [0.2, 0.25) is 0 Å². The fourth-order valence-electron chi connectivity index (χ4n) is 3.06. The Bertz CT molecular complexity index is 1180. The number of halogens is 3. The molecule has 0 bridgehead atoms. The average Bonchev–Trinajstić information content (AvgIpc) is 2.74. The molecule has 1 N–H and O–H groups in total. The summed E-state index contributed by atoms with van der Waals surface area (Å²) in [6.45, 7) is 4.16. The van der Waals surface area contributed by atoms with E-state index in [4.69, 9.17) is 9.47 Å². The maximum atomic E-state index is 13.2. The van der Waals surface area contributed by atoms with Gasteiger partial charge in [0, 0.05) is 29.8 Å². The van der Waals surface area contributed by atoms with Gasteiger partial charge in [0.1, 0.15) is 18.8 Å². The van der Waals surface area contributed by atoms with Gasteiger partial charge < -0.3 is 19.4 Å². The van der Waals surface area contributed by atoms with Crippen LogP contribution in [0.5, 0.6) is 5.88 Å². The first kappa shape index (κ1) is 23.2. The van der Waals surface area contributed by atoms with Crippen molar-refractivity contribution in [3.05, 3.63) is 59.9 Å². The van der Waals surface area contributed by atoms with Gasteiger partial charge in [-0.05, 0) is 31.0 Å². The van der Waals surface area contributed by atoms with Crippen LogP contribution >= 0.6 is 7.14 Å². The van der Waals surface area contributed by atoms with Crippen LogP contribution in [-0.2, 0) is 22.0 Å². The average molecular weight is 478 g/mol. The van der Waals surface area contributed by atoms with E-state index in [-0.39, 0.29) is 19.2 Å². The largest absolute Gasteiger partial charge is 0.469 e.